The molecule has 1 unspecified atom stereocenters. The van der Waals surface area contributed by atoms with E-state index in [-0.39, 0.29) is 44.1 Å². The molecule has 0 aliphatic rings. The number of benzene rings is 1. The van der Waals surface area contributed by atoms with Crippen LogP contribution >= 0.6 is 0 Å². The predicted molar refractivity (Wildman–Crippen MR) is 114 cm³/mol. The lowest BCUT2D eigenvalue weighted by atomic mass is 10.0. The lowest BCUT2D eigenvalue weighted by molar-refractivity contribution is -0.151. The Kier molecular flexibility index (Phi) is 12.9. The Bertz CT molecular complexity index is 755. The first kappa shape index (κ1) is 26.7. The van der Waals surface area contributed by atoms with Crippen LogP contribution < -0.4 is 4.74 Å². The molecule has 0 heterocycles. The van der Waals surface area contributed by atoms with Gasteiger partial charge in [0.1, 0.15) is 5.75 Å². The summed E-state index contributed by atoms with van der Waals surface area (Å²) in [5, 5.41) is 8.84. The van der Waals surface area contributed by atoms with Crippen molar-refractivity contribution in [2.45, 2.75) is 39.0 Å². The van der Waals surface area contributed by atoms with Crippen molar-refractivity contribution in [3.63, 3.8) is 0 Å². The number of carbonyl (C=O) groups is 4. The van der Waals surface area contributed by atoms with Gasteiger partial charge in [-0.15, -0.1) is 0 Å². The third kappa shape index (κ3) is 11.7. The molecule has 0 spiro atoms. The molecule has 32 heavy (non-hydrogen) atoms. The highest BCUT2D eigenvalue weighted by Crippen LogP contribution is 2.13. The van der Waals surface area contributed by atoms with E-state index in [1.165, 1.54) is 12.1 Å². The van der Waals surface area contributed by atoms with Crippen molar-refractivity contribution in [3.8, 4) is 5.75 Å². The van der Waals surface area contributed by atoms with E-state index in [0.717, 1.165) is 12.5 Å². The van der Waals surface area contributed by atoms with Crippen LogP contribution in [0, 0.1) is 5.92 Å². The molecule has 9 nitrogen and oxygen atoms in total. The van der Waals surface area contributed by atoms with Gasteiger partial charge in [0.15, 0.2) is 0 Å². The van der Waals surface area contributed by atoms with Gasteiger partial charge in [0, 0.05) is 12.5 Å². The number of carbonyl (C=O) groups excluding carboxylic acids is 3. The van der Waals surface area contributed by atoms with Crippen LogP contribution in [-0.4, -0.2) is 55.4 Å². The summed E-state index contributed by atoms with van der Waals surface area (Å²) in [6.45, 7) is 6.12. The second-order valence-corrected chi connectivity index (χ2v) is 6.87. The molecule has 0 amide bonds. The summed E-state index contributed by atoms with van der Waals surface area (Å²) >= 11 is 0. The van der Waals surface area contributed by atoms with Gasteiger partial charge in [0.25, 0.3) is 0 Å². The fourth-order valence-electron chi connectivity index (χ4n) is 2.48. The molecule has 1 atom stereocenters. The number of hydrogen-bond donors (Lipinski definition) is 1. The Morgan fingerprint density at radius 3 is 2.22 bits per heavy atom. The quantitative estimate of drug-likeness (QED) is 0.175. The number of rotatable bonds is 16. The molecule has 0 saturated carbocycles. The maximum atomic E-state index is 11.8. The molecule has 0 saturated heterocycles. The first-order valence-electron chi connectivity index (χ1n) is 10.4. The van der Waals surface area contributed by atoms with Crippen LogP contribution in [0.2, 0.25) is 0 Å². The van der Waals surface area contributed by atoms with E-state index in [0.29, 0.717) is 25.2 Å². The second kappa shape index (κ2) is 15.4. The smallest absolute Gasteiger partial charge is 0.335 e. The Balaban J connectivity index is 2.11. The lowest BCUT2D eigenvalue weighted by Crippen LogP contribution is -2.17. The summed E-state index contributed by atoms with van der Waals surface area (Å²) in [4.78, 5) is 45.3. The fraction of sp³-hybridized carbons (Fsp3) is 0.478. The van der Waals surface area contributed by atoms with Gasteiger partial charge in [-0.3, -0.25) is 9.59 Å². The van der Waals surface area contributed by atoms with E-state index in [1.807, 2.05) is 6.92 Å². The van der Waals surface area contributed by atoms with Crippen molar-refractivity contribution in [2.75, 3.05) is 26.4 Å². The zero-order valence-electron chi connectivity index (χ0n) is 18.2. The highest BCUT2D eigenvalue weighted by atomic mass is 16.5. The van der Waals surface area contributed by atoms with E-state index in [4.69, 9.17) is 24.1 Å². The molecule has 9 heteroatoms. The average molecular weight is 450 g/mol. The third-order valence-corrected chi connectivity index (χ3v) is 4.45. The van der Waals surface area contributed by atoms with E-state index >= 15 is 0 Å². The van der Waals surface area contributed by atoms with Gasteiger partial charge in [-0.2, -0.15) is 0 Å². The van der Waals surface area contributed by atoms with Gasteiger partial charge in [-0.05, 0) is 43.0 Å². The first-order valence-corrected chi connectivity index (χ1v) is 10.4. The van der Waals surface area contributed by atoms with E-state index in [2.05, 4.69) is 6.58 Å². The molecule has 1 aromatic rings. The fourth-order valence-corrected chi connectivity index (χ4v) is 2.48. The molecule has 176 valence electrons. The van der Waals surface area contributed by atoms with E-state index < -0.39 is 23.9 Å². The van der Waals surface area contributed by atoms with Crippen molar-refractivity contribution >= 4 is 23.9 Å². The number of carboxylic acid groups (broad SMARTS) is 1. The predicted octanol–water partition coefficient (Wildman–Crippen LogP) is 3.17. The largest absolute Gasteiger partial charge is 0.493 e. The summed E-state index contributed by atoms with van der Waals surface area (Å²) in [7, 11) is 0. The zero-order valence-corrected chi connectivity index (χ0v) is 18.2. The molecule has 0 bridgehead atoms. The summed E-state index contributed by atoms with van der Waals surface area (Å²) in [6.07, 6.45) is 2.71. The first-order chi connectivity index (χ1) is 15.3. The Morgan fingerprint density at radius 1 is 0.969 bits per heavy atom. The maximum absolute atomic E-state index is 11.8. The topological polar surface area (TPSA) is 125 Å². The van der Waals surface area contributed by atoms with Gasteiger partial charge in [0.2, 0.25) is 0 Å². The van der Waals surface area contributed by atoms with Crippen molar-refractivity contribution in [1.82, 2.24) is 0 Å². The molecule has 1 rings (SSSR count). The van der Waals surface area contributed by atoms with Crippen LogP contribution in [0.25, 0.3) is 0 Å². The SMILES string of the molecule is C=CC(=O)OCCC(CC)COC(=O)CCC(=O)OCCCOc1ccc(C(=O)O)cc1. The lowest BCUT2D eigenvalue weighted by Gasteiger charge is -2.14. The molecule has 0 aromatic heterocycles. The van der Waals surface area contributed by atoms with Crippen molar-refractivity contribution in [3.05, 3.63) is 42.5 Å². The highest BCUT2D eigenvalue weighted by Gasteiger charge is 2.13. The standard InChI is InChI=1S/C23H30O9/c1-3-17(12-15-31-20(24)4-2)16-32-22(26)11-10-21(25)30-14-5-13-29-19-8-6-18(7-9-19)23(27)28/h4,6-9,17H,2-3,5,10-16H2,1H3,(H,27,28). The second-order valence-electron chi connectivity index (χ2n) is 6.87. The summed E-state index contributed by atoms with van der Waals surface area (Å²) in [5.41, 5.74) is 0.170. The average Bonchev–Trinajstić information content (AvgIpc) is 2.79. The minimum absolute atomic E-state index is 0.0591. The Morgan fingerprint density at radius 2 is 1.62 bits per heavy atom. The summed E-state index contributed by atoms with van der Waals surface area (Å²) in [6, 6.07) is 5.99. The van der Waals surface area contributed by atoms with Crippen LogP contribution in [0.4, 0.5) is 0 Å². The minimum Gasteiger partial charge on any atom is -0.493 e. The molecule has 1 aromatic carbocycles. The zero-order chi connectivity index (χ0) is 23.8. The number of ether oxygens (including phenoxy) is 4. The number of esters is 3. The summed E-state index contributed by atoms with van der Waals surface area (Å²) in [5.74, 6) is -1.91. The molecule has 0 fully saturated rings. The Hall–Kier alpha value is -3.36. The molecule has 0 radical (unpaired) electrons. The van der Waals surface area contributed by atoms with Gasteiger partial charge >= 0.3 is 23.9 Å². The molecule has 1 N–H and O–H groups in total. The van der Waals surface area contributed by atoms with Crippen LogP contribution in [0.15, 0.2) is 36.9 Å². The van der Waals surface area contributed by atoms with Gasteiger partial charge in [0.05, 0.1) is 44.8 Å². The molecular weight excluding hydrogens is 420 g/mol. The summed E-state index contributed by atoms with van der Waals surface area (Å²) < 4.78 is 20.6. The van der Waals surface area contributed by atoms with Gasteiger partial charge < -0.3 is 24.1 Å². The van der Waals surface area contributed by atoms with E-state index in [1.54, 1.807) is 12.1 Å². The number of carboxylic acids is 1. The van der Waals surface area contributed by atoms with Crippen LogP contribution in [0.5, 0.6) is 5.75 Å². The van der Waals surface area contributed by atoms with Crippen molar-refractivity contribution in [2.24, 2.45) is 5.92 Å². The highest BCUT2D eigenvalue weighted by molar-refractivity contribution is 5.87. The van der Waals surface area contributed by atoms with Gasteiger partial charge in [-0.1, -0.05) is 13.5 Å². The van der Waals surface area contributed by atoms with Crippen molar-refractivity contribution < 1.29 is 43.2 Å². The third-order valence-electron chi connectivity index (χ3n) is 4.45. The maximum Gasteiger partial charge on any atom is 0.335 e. The molecule has 0 aliphatic carbocycles. The normalized spacial score (nSPS) is 11.2. The van der Waals surface area contributed by atoms with Gasteiger partial charge in [-0.25, -0.2) is 9.59 Å². The van der Waals surface area contributed by atoms with Crippen LogP contribution in [0.3, 0.4) is 0 Å². The van der Waals surface area contributed by atoms with Crippen LogP contribution in [-0.2, 0) is 28.6 Å². The number of aromatic carboxylic acids is 1. The van der Waals surface area contributed by atoms with Crippen LogP contribution in [0.1, 0.15) is 49.4 Å². The van der Waals surface area contributed by atoms with Crippen molar-refractivity contribution in [1.29, 1.82) is 0 Å². The molecular formula is C23H30O9. The van der Waals surface area contributed by atoms with E-state index in [9.17, 15) is 19.2 Å². The Labute approximate surface area is 187 Å². The number of hydrogen-bond acceptors (Lipinski definition) is 8. The monoisotopic (exact) mass is 450 g/mol. The minimum atomic E-state index is -1.01. The molecule has 0 aliphatic heterocycles.